The number of aliphatic hydroxyl groups is 3. The van der Waals surface area contributed by atoms with Crippen LogP contribution in [0.5, 0.6) is 0 Å². The van der Waals surface area contributed by atoms with E-state index in [1.807, 2.05) is 0 Å². The molecule has 0 heterocycles. The molecule has 0 aromatic heterocycles. The number of rotatable bonds is 60. The predicted molar refractivity (Wildman–Crippen MR) is 321 cm³/mol. The van der Waals surface area contributed by atoms with Crippen molar-refractivity contribution in [3.63, 3.8) is 0 Å². The first-order valence-electron chi connectivity index (χ1n) is 33.1. The van der Waals surface area contributed by atoms with Crippen molar-refractivity contribution in [1.82, 2.24) is 0 Å². The molecule has 0 rings (SSSR count). The van der Waals surface area contributed by atoms with Crippen LogP contribution in [0.15, 0.2) is 0 Å². The molecule has 0 atom stereocenters. The molecule has 0 amide bonds. The number of unbranched alkanes of at least 4 members (excludes halogenated alkanes) is 57. The summed E-state index contributed by atoms with van der Waals surface area (Å²) >= 11 is 0. The molecule has 3 radical (unpaired) electrons. The first kappa shape index (κ1) is 76.9. The van der Waals surface area contributed by atoms with Crippen molar-refractivity contribution in [3.8, 4) is 0 Å². The Hall–Kier alpha value is 0.412. The summed E-state index contributed by atoms with van der Waals surface area (Å²) in [5.74, 6) is 0. The lowest BCUT2D eigenvalue weighted by Gasteiger charge is -2.03. The molecule has 0 aromatic carbocycles. The van der Waals surface area contributed by atoms with Crippen LogP contribution in [-0.2, 0) is 0 Å². The molecule has 3 N–H and O–H groups in total. The highest BCUT2D eigenvalue weighted by Crippen LogP contribution is 2.18. The summed E-state index contributed by atoms with van der Waals surface area (Å²) in [6.07, 6.45) is 84.4. The van der Waals surface area contributed by atoms with Gasteiger partial charge in [-0.15, -0.1) is 0 Å². The normalized spacial score (nSPS) is 11.1. The second kappa shape index (κ2) is 80.8. The zero-order valence-corrected chi connectivity index (χ0v) is 50.6. The Bertz CT molecular complexity index is 619. The second-order valence-electron chi connectivity index (χ2n) is 22.3. The quantitative estimate of drug-likeness (QED) is 0.0420. The highest BCUT2D eigenvalue weighted by Gasteiger charge is 1.99. The van der Waals surface area contributed by atoms with Gasteiger partial charge >= 0.3 is 0 Å². The fraction of sp³-hybridized carbons (Fsp3) is 1.00. The van der Waals surface area contributed by atoms with Crippen molar-refractivity contribution in [2.45, 2.75) is 406 Å². The molecule has 70 heavy (non-hydrogen) atoms. The van der Waals surface area contributed by atoms with Crippen LogP contribution in [0.4, 0.5) is 0 Å². The minimum atomic E-state index is 0. The number of hydrogen-bond donors (Lipinski definition) is 3. The van der Waals surface area contributed by atoms with Gasteiger partial charge in [-0.2, -0.15) is 0 Å². The SMILES string of the molecule is CCCCCCCCCCCCCCCCCCCCCCO.CCCCCCCCCCCCCCCCCCCCCCO.CCCCCCCCCCCCCCCCCCCCCCO.[Al]. The van der Waals surface area contributed by atoms with Gasteiger partial charge in [0.2, 0.25) is 0 Å². The van der Waals surface area contributed by atoms with Crippen LogP contribution in [0.25, 0.3) is 0 Å². The predicted octanol–water partition coefficient (Wildman–Crippen LogP) is 23.0. The van der Waals surface area contributed by atoms with Gasteiger partial charge in [0, 0.05) is 37.2 Å². The maximum absolute atomic E-state index is 8.71. The maximum atomic E-state index is 8.71. The van der Waals surface area contributed by atoms with E-state index in [4.69, 9.17) is 15.3 Å². The third-order valence-electron chi connectivity index (χ3n) is 15.0. The van der Waals surface area contributed by atoms with E-state index in [0.29, 0.717) is 19.8 Å². The molecule has 0 aliphatic heterocycles. The lowest BCUT2D eigenvalue weighted by molar-refractivity contribution is 0.282. The van der Waals surface area contributed by atoms with Crippen LogP contribution >= 0.6 is 0 Å². The van der Waals surface area contributed by atoms with Gasteiger partial charge in [0.1, 0.15) is 0 Å². The molecular formula is C66H138AlO3. The smallest absolute Gasteiger partial charge is 0.0431 e. The average Bonchev–Trinajstić information content (AvgIpc) is 3.36. The van der Waals surface area contributed by atoms with Gasteiger partial charge in [-0.3, -0.25) is 0 Å². The van der Waals surface area contributed by atoms with Crippen LogP contribution in [-0.4, -0.2) is 52.5 Å². The Labute approximate surface area is 456 Å². The van der Waals surface area contributed by atoms with E-state index >= 15 is 0 Å². The van der Waals surface area contributed by atoms with Crippen molar-refractivity contribution in [1.29, 1.82) is 0 Å². The molecule has 0 saturated carbocycles. The molecular weight excluding hydrogens is 868 g/mol. The summed E-state index contributed by atoms with van der Waals surface area (Å²) in [4.78, 5) is 0. The van der Waals surface area contributed by atoms with Gasteiger partial charge in [0.05, 0.1) is 0 Å². The standard InChI is InChI=1S/3C22H46O.Al/c3*1-2-3-4-5-6-7-8-9-10-11-12-13-14-15-16-17-18-19-20-21-22-23;/h3*23H,2-22H2,1H3;. The highest BCUT2D eigenvalue weighted by atomic mass is 27.0. The lowest BCUT2D eigenvalue weighted by Crippen LogP contribution is -1.85. The monoisotopic (exact) mass is 1010 g/mol. The average molecular weight is 1010 g/mol. The molecule has 3 nitrogen and oxygen atoms in total. The maximum Gasteiger partial charge on any atom is 0.0431 e. The molecule has 0 saturated heterocycles. The fourth-order valence-corrected chi connectivity index (χ4v) is 10.1. The van der Waals surface area contributed by atoms with E-state index in [2.05, 4.69) is 20.8 Å². The fourth-order valence-electron chi connectivity index (χ4n) is 10.1. The highest BCUT2D eigenvalue weighted by molar-refractivity contribution is 5.75. The minimum absolute atomic E-state index is 0. The van der Waals surface area contributed by atoms with E-state index < -0.39 is 0 Å². The van der Waals surface area contributed by atoms with Crippen LogP contribution in [0.3, 0.4) is 0 Å². The van der Waals surface area contributed by atoms with Crippen LogP contribution in [0.2, 0.25) is 0 Å². The number of aliphatic hydroxyl groups excluding tert-OH is 3. The van der Waals surface area contributed by atoms with Crippen molar-refractivity contribution in [2.75, 3.05) is 19.8 Å². The first-order chi connectivity index (χ1) is 34.2. The Morgan fingerprint density at radius 1 is 0.129 bits per heavy atom. The van der Waals surface area contributed by atoms with Gasteiger partial charge in [0.15, 0.2) is 0 Å². The molecule has 423 valence electrons. The first-order valence-corrected chi connectivity index (χ1v) is 33.1. The molecule has 0 aliphatic carbocycles. The topological polar surface area (TPSA) is 60.7 Å². The van der Waals surface area contributed by atoms with Crippen LogP contribution < -0.4 is 0 Å². The van der Waals surface area contributed by atoms with Crippen molar-refractivity contribution >= 4 is 17.4 Å². The molecule has 0 unspecified atom stereocenters. The Kier molecular flexibility index (Phi) is 88.8. The lowest BCUT2D eigenvalue weighted by atomic mass is 10.0. The summed E-state index contributed by atoms with van der Waals surface area (Å²) in [6.45, 7) is 8.00. The van der Waals surface area contributed by atoms with Gasteiger partial charge in [-0.1, -0.05) is 387 Å². The summed E-state index contributed by atoms with van der Waals surface area (Å²) in [6, 6.07) is 0. The Morgan fingerprint density at radius 3 is 0.271 bits per heavy atom. The zero-order chi connectivity index (χ0) is 50.5. The van der Waals surface area contributed by atoms with E-state index in [1.54, 1.807) is 0 Å². The van der Waals surface area contributed by atoms with Crippen LogP contribution in [0.1, 0.15) is 406 Å². The van der Waals surface area contributed by atoms with Crippen molar-refractivity contribution < 1.29 is 15.3 Å². The Balaban J connectivity index is -0.000000463. The van der Waals surface area contributed by atoms with Crippen molar-refractivity contribution in [2.24, 2.45) is 0 Å². The van der Waals surface area contributed by atoms with Gasteiger partial charge in [-0.05, 0) is 19.3 Å². The third kappa shape index (κ3) is 85.2. The van der Waals surface area contributed by atoms with E-state index in [1.165, 1.54) is 366 Å². The van der Waals surface area contributed by atoms with Crippen molar-refractivity contribution in [3.05, 3.63) is 0 Å². The second-order valence-corrected chi connectivity index (χ2v) is 22.3. The summed E-state index contributed by atoms with van der Waals surface area (Å²) in [7, 11) is 0. The Morgan fingerprint density at radius 2 is 0.200 bits per heavy atom. The van der Waals surface area contributed by atoms with Gasteiger partial charge in [-0.25, -0.2) is 0 Å². The number of hydrogen-bond acceptors (Lipinski definition) is 3. The van der Waals surface area contributed by atoms with E-state index in [9.17, 15) is 0 Å². The molecule has 0 bridgehead atoms. The largest absolute Gasteiger partial charge is 0.396 e. The summed E-state index contributed by atoms with van der Waals surface area (Å²) < 4.78 is 0. The summed E-state index contributed by atoms with van der Waals surface area (Å²) in [5.41, 5.74) is 0. The van der Waals surface area contributed by atoms with Gasteiger partial charge in [0.25, 0.3) is 0 Å². The van der Waals surface area contributed by atoms with Crippen LogP contribution in [0, 0.1) is 0 Å². The molecule has 0 aromatic rings. The third-order valence-corrected chi connectivity index (χ3v) is 15.0. The van der Waals surface area contributed by atoms with E-state index in [0.717, 1.165) is 19.3 Å². The van der Waals surface area contributed by atoms with Gasteiger partial charge < -0.3 is 15.3 Å². The molecule has 0 aliphatic rings. The molecule has 0 fully saturated rings. The van der Waals surface area contributed by atoms with E-state index in [-0.39, 0.29) is 17.4 Å². The summed E-state index contributed by atoms with van der Waals surface area (Å²) in [5, 5.41) is 26.1. The molecule has 4 heteroatoms. The zero-order valence-electron chi connectivity index (χ0n) is 49.5. The molecule has 0 spiro atoms. The minimum Gasteiger partial charge on any atom is -0.396 e.